The Bertz CT molecular complexity index is 598. The van der Waals surface area contributed by atoms with Gasteiger partial charge in [0.1, 0.15) is 5.82 Å². The normalized spacial score (nSPS) is 10.3. The van der Waals surface area contributed by atoms with E-state index in [0.29, 0.717) is 21.3 Å². The Morgan fingerprint density at radius 1 is 1.22 bits per heavy atom. The maximum absolute atomic E-state index is 13.0. The first-order valence-corrected chi connectivity index (χ1v) is 6.18. The number of carbonyl (C=O) groups excluding carboxylic acids is 1. The summed E-state index contributed by atoms with van der Waals surface area (Å²) in [5.41, 5.74) is 7.45. The van der Waals surface area contributed by atoms with Crippen LogP contribution in [0.2, 0.25) is 0 Å². The SMILES string of the molecule is Nc1ccc(C(=O)Cc2cccc(F)c2)cc1Br. The van der Waals surface area contributed by atoms with Gasteiger partial charge in [-0.2, -0.15) is 0 Å². The lowest BCUT2D eigenvalue weighted by molar-refractivity contribution is 0.0993. The van der Waals surface area contributed by atoms with Gasteiger partial charge >= 0.3 is 0 Å². The molecule has 18 heavy (non-hydrogen) atoms. The molecule has 0 unspecified atom stereocenters. The fourth-order valence-corrected chi connectivity index (χ4v) is 2.01. The Morgan fingerprint density at radius 2 is 2.00 bits per heavy atom. The molecule has 0 aromatic heterocycles. The molecule has 0 bridgehead atoms. The van der Waals surface area contributed by atoms with Crippen molar-refractivity contribution in [2.75, 3.05) is 5.73 Å². The molecule has 2 rings (SSSR count). The van der Waals surface area contributed by atoms with Crippen LogP contribution in [-0.2, 0) is 6.42 Å². The molecular formula is C14H11BrFNO. The maximum Gasteiger partial charge on any atom is 0.167 e. The van der Waals surface area contributed by atoms with Gasteiger partial charge in [0.2, 0.25) is 0 Å². The third-order valence-electron chi connectivity index (χ3n) is 2.58. The number of benzene rings is 2. The van der Waals surface area contributed by atoms with Gasteiger partial charge in [-0.05, 0) is 51.8 Å². The summed E-state index contributed by atoms with van der Waals surface area (Å²) >= 11 is 3.27. The third-order valence-corrected chi connectivity index (χ3v) is 3.26. The monoisotopic (exact) mass is 307 g/mol. The van der Waals surface area contributed by atoms with Crippen molar-refractivity contribution in [3.8, 4) is 0 Å². The Kier molecular flexibility index (Phi) is 3.77. The number of carbonyl (C=O) groups is 1. The van der Waals surface area contributed by atoms with E-state index in [1.54, 1.807) is 30.3 Å². The Hall–Kier alpha value is -1.68. The van der Waals surface area contributed by atoms with E-state index in [-0.39, 0.29) is 18.0 Å². The molecule has 0 saturated carbocycles. The summed E-state index contributed by atoms with van der Waals surface area (Å²) in [4.78, 5) is 12.0. The lowest BCUT2D eigenvalue weighted by Crippen LogP contribution is -2.04. The highest BCUT2D eigenvalue weighted by Crippen LogP contribution is 2.21. The zero-order valence-corrected chi connectivity index (χ0v) is 11.1. The van der Waals surface area contributed by atoms with Gasteiger partial charge < -0.3 is 5.73 Å². The molecule has 0 saturated heterocycles. The molecule has 4 heteroatoms. The van der Waals surface area contributed by atoms with E-state index in [9.17, 15) is 9.18 Å². The first-order valence-electron chi connectivity index (χ1n) is 5.39. The van der Waals surface area contributed by atoms with E-state index in [2.05, 4.69) is 15.9 Å². The van der Waals surface area contributed by atoms with Crippen LogP contribution in [0.3, 0.4) is 0 Å². The summed E-state index contributed by atoms with van der Waals surface area (Å²) < 4.78 is 13.7. The summed E-state index contributed by atoms with van der Waals surface area (Å²) in [7, 11) is 0. The number of Topliss-reactive ketones (excluding diaryl/α,β-unsaturated/α-hetero) is 1. The van der Waals surface area contributed by atoms with Crippen LogP contribution in [0, 0.1) is 5.82 Å². The number of hydrogen-bond acceptors (Lipinski definition) is 2. The van der Waals surface area contributed by atoms with E-state index in [4.69, 9.17) is 5.73 Å². The molecule has 0 atom stereocenters. The average molecular weight is 308 g/mol. The van der Waals surface area contributed by atoms with Crippen molar-refractivity contribution < 1.29 is 9.18 Å². The summed E-state index contributed by atoms with van der Waals surface area (Å²) in [5.74, 6) is -0.403. The maximum atomic E-state index is 13.0. The van der Waals surface area contributed by atoms with Crippen molar-refractivity contribution in [1.29, 1.82) is 0 Å². The van der Waals surface area contributed by atoms with E-state index in [1.165, 1.54) is 12.1 Å². The van der Waals surface area contributed by atoms with E-state index < -0.39 is 0 Å². The number of ketones is 1. The predicted octanol–water partition coefficient (Wildman–Crippen LogP) is 3.60. The van der Waals surface area contributed by atoms with E-state index in [0.717, 1.165) is 0 Å². The largest absolute Gasteiger partial charge is 0.398 e. The van der Waals surface area contributed by atoms with Crippen LogP contribution in [0.25, 0.3) is 0 Å². The number of nitrogens with two attached hydrogens (primary N) is 1. The minimum atomic E-state index is -0.334. The minimum absolute atomic E-state index is 0.0682. The highest BCUT2D eigenvalue weighted by atomic mass is 79.9. The van der Waals surface area contributed by atoms with Crippen LogP contribution in [0.5, 0.6) is 0 Å². The summed E-state index contributed by atoms with van der Waals surface area (Å²) in [6.45, 7) is 0. The highest BCUT2D eigenvalue weighted by Gasteiger charge is 2.09. The topological polar surface area (TPSA) is 43.1 Å². The predicted molar refractivity (Wildman–Crippen MR) is 73.0 cm³/mol. The van der Waals surface area contributed by atoms with Crippen molar-refractivity contribution in [2.24, 2.45) is 0 Å². The molecule has 2 N–H and O–H groups in total. The quantitative estimate of drug-likeness (QED) is 0.695. The standard InChI is InChI=1S/C14H11BrFNO/c15-12-8-10(4-5-13(12)17)14(18)7-9-2-1-3-11(16)6-9/h1-6,8H,7,17H2. The Balaban J connectivity index is 2.19. The van der Waals surface area contributed by atoms with E-state index >= 15 is 0 Å². The first-order chi connectivity index (χ1) is 8.56. The smallest absolute Gasteiger partial charge is 0.167 e. The first kappa shape index (κ1) is 12.8. The van der Waals surface area contributed by atoms with Gasteiger partial charge in [0.05, 0.1) is 0 Å². The lowest BCUT2D eigenvalue weighted by atomic mass is 10.0. The van der Waals surface area contributed by atoms with Crippen molar-refractivity contribution in [3.05, 3.63) is 63.9 Å². The van der Waals surface area contributed by atoms with Crippen LogP contribution in [0.15, 0.2) is 46.9 Å². The number of anilines is 1. The third kappa shape index (κ3) is 2.96. The zero-order valence-electron chi connectivity index (χ0n) is 9.49. The van der Waals surface area contributed by atoms with Gasteiger partial charge in [-0.25, -0.2) is 4.39 Å². The van der Waals surface area contributed by atoms with Gasteiger partial charge in [0, 0.05) is 22.1 Å². The number of rotatable bonds is 3. The second-order valence-electron chi connectivity index (χ2n) is 3.97. The number of halogens is 2. The molecular weight excluding hydrogens is 297 g/mol. The molecule has 0 aliphatic carbocycles. The van der Waals surface area contributed by atoms with Crippen molar-refractivity contribution >= 4 is 27.4 Å². The zero-order chi connectivity index (χ0) is 13.1. The van der Waals surface area contributed by atoms with Crippen molar-refractivity contribution in [1.82, 2.24) is 0 Å². The van der Waals surface area contributed by atoms with Crippen LogP contribution < -0.4 is 5.73 Å². The molecule has 92 valence electrons. The van der Waals surface area contributed by atoms with Gasteiger partial charge in [0.15, 0.2) is 5.78 Å². The minimum Gasteiger partial charge on any atom is -0.398 e. The van der Waals surface area contributed by atoms with Crippen molar-refractivity contribution in [3.63, 3.8) is 0 Å². The average Bonchev–Trinajstić information content (AvgIpc) is 2.32. The molecule has 0 aliphatic heterocycles. The number of hydrogen-bond donors (Lipinski definition) is 1. The highest BCUT2D eigenvalue weighted by molar-refractivity contribution is 9.10. The fraction of sp³-hybridized carbons (Fsp3) is 0.0714. The molecule has 0 fully saturated rings. The van der Waals surface area contributed by atoms with Gasteiger partial charge in [0.25, 0.3) is 0 Å². The van der Waals surface area contributed by atoms with Crippen LogP contribution in [0.4, 0.5) is 10.1 Å². The van der Waals surface area contributed by atoms with Crippen LogP contribution in [0.1, 0.15) is 15.9 Å². The Morgan fingerprint density at radius 3 is 2.67 bits per heavy atom. The lowest BCUT2D eigenvalue weighted by Gasteiger charge is -2.04. The van der Waals surface area contributed by atoms with Crippen molar-refractivity contribution in [2.45, 2.75) is 6.42 Å². The molecule has 0 spiro atoms. The molecule has 2 nitrogen and oxygen atoms in total. The molecule has 0 aliphatic rings. The second kappa shape index (κ2) is 5.31. The van der Waals surface area contributed by atoms with Crippen LogP contribution in [-0.4, -0.2) is 5.78 Å². The molecule has 0 heterocycles. The summed E-state index contributed by atoms with van der Waals surface area (Å²) in [6, 6.07) is 11.1. The fourth-order valence-electron chi connectivity index (χ4n) is 1.63. The molecule has 0 amide bonds. The molecule has 2 aromatic carbocycles. The van der Waals surface area contributed by atoms with Crippen LogP contribution >= 0.6 is 15.9 Å². The van der Waals surface area contributed by atoms with E-state index in [1.807, 2.05) is 0 Å². The summed E-state index contributed by atoms with van der Waals surface area (Å²) in [5, 5.41) is 0. The summed E-state index contributed by atoms with van der Waals surface area (Å²) in [6.07, 6.45) is 0.175. The van der Waals surface area contributed by atoms with Gasteiger partial charge in [-0.15, -0.1) is 0 Å². The van der Waals surface area contributed by atoms with Gasteiger partial charge in [-0.1, -0.05) is 12.1 Å². The molecule has 0 radical (unpaired) electrons. The second-order valence-corrected chi connectivity index (χ2v) is 4.82. The molecule has 2 aromatic rings. The van der Waals surface area contributed by atoms with Gasteiger partial charge in [-0.3, -0.25) is 4.79 Å². The number of nitrogen functional groups attached to an aromatic ring is 1. The Labute approximate surface area is 113 Å².